The van der Waals surface area contributed by atoms with Gasteiger partial charge >= 0.3 is 0 Å². The van der Waals surface area contributed by atoms with Crippen molar-refractivity contribution < 1.29 is 4.74 Å². The van der Waals surface area contributed by atoms with Crippen molar-refractivity contribution in [2.45, 2.75) is 24.5 Å². The predicted molar refractivity (Wildman–Crippen MR) is 106 cm³/mol. The lowest BCUT2D eigenvalue weighted by Crippen LogP contribution is -2.61. The third-order valence-corrected chi connectivity index (χ3v) is 5.58. The number of nitrogens with one attached hydrogen (secondary N) is 1. The monoisotopic (exact) mass is 360 g/mol. The second kappa shape index (κ2) is 7.51. The third kappa shape index (κ3) is 3.34. The predicted octanol–water partition coefficient (Wildman–Crippen LogP) is 2.73. The highest BCUT2D eigenvalue weighted by Crippen LogP contribution is 2.39. The van der Waals surface area contributed by atoms with Gasteiger partial charge in [-0.2, -0.15) is 5.26 Å². The molecule has 2 heterocycles. The van der Waals surface area contributed by atoms with Crippen LogP contribution in [0.25, 0.3) is 0 Å². The van der Waals surface area contributed by atoms with Gasteiger partial charge in [-0.3, -0.25) is 9.89 Å². The average molecular weight is 360 g/mol. The minimum Gasteiger partial charge on any atom is -0.497 e. The fourth-order valence-electron chi connectivity index (χ4n) is 4.11. The third-order valence-electron chi connectivity index (χ3n) is 5.58. The maximum atomic E-state index is 10.4. The van der Waals surface area contributed by atoms with Crippen LogP contribution in [0.15, 0.2) is 59.6 Å². The van der Waals surface area contributed by atoms with E-state index in [0.717, 1.165) is 30.1 Å². The van der Waals surface area contributed by atoms with Gasteiger partial charge in [-0.15, -0.1) is 0 Å². The molecule has 2 unspecified atom stereocenters. The number of rotatable bonds is 4. The van der Waals surface area contributed by atoms with E-state index in [1.807, 2.05) is 42.5 Å². The summed E-state index contributed by atoms with van der Waals surface area (Å²) in [6.07, 6.45) is 0.696. The van der Waals surface area contributed by atoms with E-state index < -0.39 is 5.54 Å². The van der Waals surface area contributed by atoms with Crippen molar-refractivity contribution in [3.8, 4) is 11.8 Å². The van der Waals surface area contributed by atoms with E-state index in [1.165, 1.54) is 5.56 Å². The Bertz CT molecular complexity index is 856. The summed E-state index contributed by atoms with van der Waals surface area (Å²) in [5, 5.41) is 13.9. The quantitative estimate of drug-likeness (QED) is 0.911. The fraction of sp³-hybridized carbons (Fsp3) is 0.364. The lowest BCUT2D eigenvalue weighted by Gasteiger charge is -2.47. The molecule has 2 aliphatic rings. The van der Waals surface area contributed by atoms with Gasteiger partial charge < -0.3 is 10.1 Å². The number of hydrogen-bond donors (Lipinski definition) is 1. The summed E-state index contributed by atoms with van der Waals surface area (Å²) in [4.78, 5) is 7.02. The summed E-state index contributed by atoms with van der Waals surface area (Å²) in [5.41, 5.74) is 2.68. The second-order valence-corrected chi connectivity index (χ2v) is 7.13. The summed E-state index contributed by atoms with van der Waals surface area (Å²) in [5.74, 6) is 0.801. The van der Waals surface area contributed by atoms with Crippen molar-refractivity contribution in [1.82, 2.24) is 10.2 Å². The van der Waals surface area contributed by atoms with Gasteiger partial charge in [0, 0.05) is 37.8 Å². The summed E-state index contributed by atoms with van der Waals surface area (Å²) >= 11 is 0. The van der Waals surface area contributed by atoms with Gasteiger partial charge in [0.15, 0.2) is 0 Å². The standard InChI is InChI=1S/C22H24N4O/c1-27-19-9-7-18(8-10-19)22(16-23)13-20-21(25-12-11-24-20)15-26(22)14-17-5-3-2-4-6-17/h2-10,20,24H,11-15H2,1H3. The second-order valence-electron chi connectivity index (χ2n) is 7.13. The normalized spacial score (nSPS) is 25.2. The number of aliphatic imine (C=N–C) groups is 1. The molecule has 2 atom stereocenters. The Morgan fingerprint density at radius 3 is 2.70 bits per heavy atom. The van der Waals surface area contributed by atoms with Crippen molar-refractivity contribution >= 4 is 5.71 Å². The van der Waals surface area contributed by atoms with E-state index in [-0.39, 0.29) is 6.04 Å². The van der Waals surface area contributed by atoms with Crippen molar-refractivity contribution in [2.75, 3.05) is 26.7 Å². The number of nitrogens with zero attached hydrogens (tertiary/aromatic N) is 3. The van der Waals surface area contributed by atoms with Crippen LogP contribution in [0.4, 0.5) is 0 Å². The number of likely N-dealkylation sites (tertiary alicyclic amines) is 1. The zero-order valence-corrected chi connectivity index (χ0v) is 15.6. The molecule has 2 aromatic rings. The zero-order chi connectivity index (χ0) is 18.7. The molecule has 4 rings (SSSR count). The van der Waals surface area contributed by atoms with Gasteiger partial charge in [0.25, 0.3) is 0 Å². The Labute approximate surface area is 160 Å². The summed E-state index contributed by atoms with van der Waals surface area (Å²) in [6, 6.07) is 21.1. The number of nitriles is 1. The van der Waals surface area contributed by atoms with Crippen molar-refractivity contribution in [3.05, 3.63) is 65.7 Å². The number of benzene rings is 2. The van der Waals surface area contributed by atoms with E-state index in [4.69, 9.17) is 9.73 Å². The SMILES string of the molecule is COc1ccc(C2(C#N)CC3NCCN=C3CN2Cc2ccccc2)cc1. The van der Waals surface area contributed by atoms with E-state index in [2.05, 4.69) is 28.4 Å². The Morgan fingerprint density at radius 2 is 2.00 bits per heavy atom. The number of fused-ring (bicyclic) bond motifs is 1. The van der Waals surface area contributed by atoms with Crippen molar-refractivity contribution in [1.29, 1.82) is 5.26 Å². The van der Waals surface area contributed by atoms with Crippen LogP contribution in [0.5, 0.6) is 5.75 Å². The molecule has 138 valence electrons. The van der Waals surface area contributed by atoms with E-state index in [1.54, 1.807) is 7.11 Å². The smallest absolute Gasteiger partial charge is 0.137 e. The van der Waals surface area contributed by atoms with Crippen molar-refractivity contribution in [3.63, 3.8) is 0 Å². The first-order chi connectivity index (χ1) is 13.2. The maximum absolute atomic E-state index is 10.4. The topological polar surface area (TPSA) is 60.6 Å². The Balaban J connectivity index is 1.75. The van der Waals surface area contributed by atoms with E-state index in [0.29, 0.717) is 19.5 Å². The molecular weight excluding hydrogens is 336 g/mol. The molecule has 0 spiro atoms. The Hall–Kier alpha value is -2.68. The first-order valence-corrected chi connectivity index (χ1v) is 9.36. The first-order valence-electron chi connectivity index (χ1n) is 9.36. The van der Waals surface area contributed by atoms with Gasteiger partial charge in [-0.25, -0.2) is 0 Å². The molecule has 0 bridgehead atoms. The van der Waals surface area contributed by atoms with Gasteiger partial charge in [-0.1, -0.05) is 42.5 Å². The summed E-state index contributed by atoms with van der Waals surface area (Å²) < 4.78 is 5.30. The van der Waals surface area contributed by atoms with Gasteiger partial charge in [0.2, 0.25) is 0 Å². The molecule has 0 saturated carbocycles. The molecular formula is C22H24N4O. The fourth-order valence-corrected chi connectivity index (χ4v) is 4.11. The molecule has 1 fully saturated rings. The maximum Gasteiger partial charge on any atom is 0.137 e. The van der Waals surface area contributed by atoms with Gasteiger partial charge in [0.1, 0.15) is 11.3 Å². The lowest BCUT2D eigenvalue weighted by atomic mass is 9.78. The number of hydrogen-bond acceptors (Lipinski definition) is 5. The molecule has 0 aromatic heterocycles. The highest BCUT2D eigenvalue weighted by atomic mass is 16.5. The number of ether oxygens (including phenoxy) is 1. The molecule has 2 aliphatic heterocycles. The Kier molecular flexibility index (Phi) is 4.93. The van der Waals surface area contributed by atoms with Gasteiger partial charge in [0.05, 0.1) is 19.7 Å². The van der Waals surface area contributed by atoms with Crippen LogP contribution >= 0.6 is 0 Å². The zero-order valence-electron chi connectivity index (χ0n) is 15.6. The molecule has 5 heteroatoms. The van der Waals surface area contributed by atoms with Crippen molar-refractivity contribution in [2.24, 2.45) is 4.99 Å². The Morgan fingerprint density at radius 1 is 1.22 bits per heavy atom. The molecule has 1 saturated heterocycles. The van der Waals surface area contributed by atoms with Crippen LogP contribution < -0.4 is 10.1 Å². The largest absolute Gasteiger partial charge is 0.497 e. The molecule has 5 nitrogen and oxygen atoms in total. The van der Waals surface area contributed by atoms with Crippen LogP contribution in [-0.2, 0) is 12.1 Å². The molecule has 0 amide bonds. The lowest BCUT2D eigenvalue weighted by molar-refractivity contribution is 0.113. The summed E-state index contributed by atoms with van der Waals surface area (Å²) in [7, 11) is 1.66. The average Bonchev–Trinajstić information content (AvgIpc) is 2.74. The number of methoxy groups -OCH3 is 1. The molecule has 1 N–H and O–H groups in total. The first kappa shape index (κ1) is 17.7. The number of piperidine rings is 1. The molecule has 0 radical (unpaired) electrons. The summed E-state index contributed by atoms with van der Waals surface area (Å²) in [6.45, 7) is 3.10. The van der Waals surface area contributed by atoms with Crippen LogP contribution in [0.3, 0.4) is 0 Å². The highest BCUT2D eigenvalue weighted by Gasteiger charge is 2.47. The molecule has 2 aromatic carbocycles. The molecule has 27 heavy (non-hydrogen) atoms. The van der Waals surface area contributed by atoms with E-state index >= 15 is 0 Å². The van der Waals surface area contributed by atoms with Crippen LogP contribution in [0, 0.1) is 11.3 Å². The van der Waals surface area contributed by atoms with Crippen LogP contribution in [-0.4, -0.2) is 43.4 Å². The van der Waals surface area contributed by atoms with E-state index in [9.17, 15) is 5.26 Å². The minimum absolute atomic E-state index is 0.160. The minimum atomic E-state index is -0.698. The van der Waals surface area contributed by atoms with Gasteiger partial charge in [-0.05, 0) is 23.3 Å². The molecule has 0 aliphatic carbocycles. The van der Waals surface area contributed by atoms with Crippen LogP contribution in [0.1, 0.15) is 17.5 Å². The van der Waals surface area contributed by atoms with Crippen LogP contribution in [0.2, 0.25) is 0 Å². The highest BCUT2D eigenvalue weighted by molar-refractivity contribution is 5.93.